The van der Waals surface area contributed by atoms with E-state index in [9.17, 15) is 23.5 Å². The van der Waals surface area contributed by atoms with E-state index in [1.54, 1.807) is 13.8 Å². The van der Waals surface area contributed by atoms with Gasteiger partial charge in [-0.3, -0.25) is 9.59 Å². The average Bonchev–Trinajstić information content (AvgIpc) is 2.46. The molecule has 0 heterocycles. The van der Waals surface area contributed by atoms with Crippen molar-refractivity contribution in [1.29, 1.82) is 0 Å². The van der Waals surface area contributed by atoms with E-state index in [-0.39, 0.29) is 6.42 Å². The van der Waals surface area contributed by atoms with Crippen molar-refractivity contribution in [3.05, 3.63) is 24.3 Å². The first-order chi connectivity index (χ1) is 10.3. The van der Waals surface area contributed by atoms with Gasteiger partial charge in [0.1, 0.15) is 0 Å². The van der Waals surface area contributed by atoms with Gasteiger partial charge in [-0.1, -0.05) is 25.6 Å². The molecule has 122 valence electrons. The number of aliphatic carboxylic acids is 1. The van der Waals surface area contributed by atoms with Crippen LogP contribution in [0.25, 0.3) is 0 Å². The van der Waals surface area contributed by atoms with Gasteiger partial charge in [0.2, 0.25) is 5.91 Å². The zero-order valence-electron chi connectivity index (χ0n) is 12.4. The number of amides is 1. The zero-order chi connectivity index (χ0) is 16.8. The third kappa shape index (κ3) is 4.98. The molecule has 1 amide bonds. The number of nitrogens with one attached hydrogen (secondary N) is 1. The minimum atomic E-state index is -2.49. The van der Waals surface area contributed by atoms with Crippen molar-refractivity contribution in [2.45, 2.75) is 43.8 Å². The number of carbonyl (C=O) groups is 2. The molecule has 0 unspecified atom stereocenters. The van der Waals surface area contributed by atoms with E-state index >= 15 is 0 Å². The number of carboxylic acid groups (broad SMARTS) is 1. The Balaban J connectivity index is 2.70. The van der Waals surface area contributed by atoms with Gasteiger partial charge in [0.05, 0.1) is 5.41 Å². The molecule has 0 fully saturated rings. The Hall–Kier alpha value is -1.63. The van der Waals surface area contributed by atoms with E-state index in [0.29, 0.717) is 35.2 Å². The maximum absolute atomic E-state index is 12.2. The molecule has 0 aromatic heterocycles. The molecule has 4 nitrogen and oxygen atoms in total. The normalized spacial score (nSPS) is 11.5. The monoisotopic (exact) mass is 331 g/mol. The van der Waals surface area contributed by atoms with E-state index in [1.165, 1.54) is 24.3 Å². The van der Waals surface area contributed by atoms with Gasteiger partial charge in [0.15, 0.2) is 0 Å². The van der Waals surface area contributed by atoms with E-state index in [2.05, 4.69) is 5.32 Å². The van der Waals surface area contributed by atoms with Gasteiger partial charge in [-0.05, 0) is 37.1 Å². The summed E-state index contributed by atoms with van der Waals surface area (Å²) in [5, 5.41) is 11.9. The predicted molar refractivity (Wildman–Crippen MR) is 82.2 cm³/mol. The Morgan fingerprint density at radius 3 is 2.18 bits per heavy atom. The van der Waals surface area contributed by atoms with Crippen molar-refractivity contribution >= 4 is 29.3 Å². The number of anilines is 1. The predicted octanol–water partition coefficient (Wildman–Crippen LogP) is 4.22. The second-order valence-electron chi connectivity index (χ2n) is 4.92. The number of halogens is 2. The highest BCUT2D eigenvalue weighted by Gasteiger charge is 2.37. The Bertz CT molecular complexity index is 516. The van der Waals surface area contributed by atoms with E-state index in [4.69, 9.17) is 0 Å². The van der Waals surface area contributed by atoms with Crippen LogP contribution < -0.4 is 5.32 Å². The molecule has 0 atom stereocenters. The molecule has 1 rings (SSSR count). The van der Waals surface area contributed by atoms with E-state index in [0.717, 1.165) is 0 Å². The molecule has 0 aliphatic carbocycles. The Kier molecular flexibility index (Phi) is 6.80. The molecular formula is C15H19F2NO3S. The summed E-state index contributed by atoms with van der Waals surface area (Å²) in [6.07, 6.45) is 0.593. The summed E-state index contributed by atoms with van der Waals surface area (Å²) in [4.78, 5) is 23.8. The van der Waals surface area contributed by atoms with Crippen molar-refractivity contribution < 1.29 is 23.5 Å². The van der Waals surface area contributed by atoms with Crippen molar-refractivity contribution in [2.75, 3.05) is 5.32 Å². The van der Waals surface area contributed by atoms with Crippen LogP contribution in [0.3, 0.4) is 0 Å². The molecule has 0 bridgehead atoms. The summed E-state index contributed by atoms with van der Waals surface area (Å²) < 4.78 is 24.4. The molecule has 0 spiro atoms. The van der Waals surface area contributed by atoms with Crippen LogP contribution >= 0.6 is 11.8 Å². The fourth-order valence-electron chi connectivity index (χ4n) is 2.11. The lowest BCUT2D eigenvalue weighted by Gasteiger charge is -2.25. The third-order valence-electron chi connectivity index (χ3n) is 3.67. The number of alkyl halides is 2. The van der Waals surface area contributed by atoms with E-state index in [1.807, 2.05) is 0 Å². The number of rotatable bonds is 8. The van der Waals surface area contributed by atoms with Gasteiger partial charge in [-0.2, -0.15) is 8.78 Å². The van der Waals surface area contributed by atoms with Crippen LogP contribution in [0.2, 0.25) is 0 Å². The van der Waals surface area contributed by atoms with E-state index < -0.39 is 23.0 Å². The number of carboxylic acids is 1. The summed E-state index contributed by atoms with van der Waals surface area (Å²) in [7, 11) is 0. The number of hydrogen-bond acceptors (Lipinski definition) is 3. The summed E-state index contributed by atoms with van der Waals surface area (Å²) in [5.74, 6) is -3.89. The molecule has 0 aliphatic rings. The zero-order valence-corrected chi connectivity index (χ0v) is 13.3. The van der Waals surface area contributed by atoms with Crippen LogP contribution in [0.1, 0.15) is 33.1 Å². The highest BCUT2D eigenvalue weighted by molar-refractivity contribution is 7.99. The molecule has 0 radical (unpaired) electrons. The van der Waals surface area contributed by atoms with Gasteiger partial charge < -0.3 is 10.4 Å². The van der Waals surface area contributed by atoms with Gasteiger partial charge >= 0.3 is 5.97 Å². The molecule has 2 N–H and O–H groups in total. The minimum absolute atomic E-state index is 0.122. The smallest absolute Gasteiger partial charge is 0.310 e. The first kappa shape index (κ1) is 18.4. The fourth-order valence-corrected chi connectivity index (χ4v) is 2.61. The van der Waals surface area contributed by atoms with Crippen molar-refractivity contribution in [3.63, 3.8) is 0 Å². The molecule has 0 saturated heterocycles. The lowest BCUT2D eigenvalue weighted by Crippen LogP contribution is -2.34. The van der Waals surface area contributed by atoms with Crippen LogP contribution in [-0.4, -0.2) is 22.7 Å². The lowest BCUT2D eigenvalue weighted by molar-refractivity contribution is -0.151. The standard InChI is InChI=1S/C15H19F2NO3S/c1-3-15(4-2,13(20)21)9-12(19)18-10-5-7-11(8-6-10)22-14(16)17/h5-8,14H,3-4,9H2,1-2H3,(H,18,19)(H,20,21). The maximum Gasteiger partial charge on any atom is 0.310 e. The number of thioether (sulfide) groups is 1. The highest BCUT2D eigenvalue weighted by atomic mass is 32.2. The SMILES string of the molecule is CCC(CC)(CC(=O)Nc1ccc(SC(F)F)cc1)C(=O)O. The number of carbonyl (C=O) groups excluding carboxylic acids is 1. The Morgan fingerprint density at radius 1 is 1.23 bits per heavy atom. The van der Waals surface area contributed by atoms with Gasteiger partial charge in [0.25, 0.3) is 5.76 Å². The Morgan fingerprint density at radius 2 is 1.77 bits per heavy atom. The first-order valence-corrected chi connectivity index (χ1v) is 7.79. The first-order valence-electron chi connectivity index (χ1n) is 6.91. The second kappa shape index (κ2) is 8.12. The lowest BCUT2D eigenvalue weighted by atomic mass is 9.79. The van der Waals surface area contributed by atoms with Crippen LogP contribution in [0.15, 0.2) is 29.2 Å². The van der Waals surface area contributed by atoms with Gasteiger partial charge in [-0.15, -0.1) is 0 Å². The second-order valence-corrected chi connectivity index (χ2v) is 5.98. The molecule has 7 heteroatoms. The highest BCUT2D eigenvalue weighted by Crippen LogP contribution is 2.31. The van der Waals surface area contributed by atoms with Crippen LogP contribution in [0.4, 0.5) is 14.5 Å². The Labute approximate surface area is 132 Å². The van der Waals surface area contributed by atoms with Crippen LogP contribution in [0, 0.1) is 5.41 Å². The summed E-state index contributed by atoms with van der Waals surface area (Å²) in [6, 6.07) is 6.00. The maximum atomic E-state index is 12.2. The quantitative estimate of drug-likeness (QED) is 0.700. The largest absolute Gasteiger partial charge is 0.481 e. The fraction of sp³-hybridized carbons (Fsp3) is 0.467. The molecule has 1 aromatic rings. The molecular weight excluding hydrogens is 312 g/mol. The van der Waals surface area contributed by atoms with Gasteiger partial charge in [-0.25, -0.2) is 0 Å². The molecule has 22 heavy (non-hydrogen) atoms. The van der Waals surface area contributed by atoms with Crippen LogP contribution in [0.5, 0.6) is 0 Å². The van der Waals surface area contributed by atoms with Crippen molar-refractivity contribution in [3.8, 4) is 0 Å². The van der Waals surface area contributed by atoms with Gasteiger partial charge in [0, 0.05) is 17.0 Å². The topological polar surface area (TPSA) is 66.4 Å². The summed E-state index contributed by atoms with van der Waals surface area (Å²) in [6.45, 7) is 3.47. The van der Waals surface area contributed by atoms with Crippen LogP contribution in [-0.2, 0) is 9.59 Å². The third-order valence-corrected chi connectivity index (χ3v) is 4.39. The summed E-state index contributed by atoms with van der Waals surface area (Å²) >= 11 is 0.423. The number of benzene rings is 1. The van der Waals surface area contributed by atoms with Crippen molar-refractivity contribution in [1.82, 2.24) is 0 Å². The van der Waals surface area contributed by atoms with Crippen molar-refractivity contribution in [2.24, 2.45) is 5.41 Å². The number of hydrogen-bond donors (Lipinski definition) is 2. The average molecular weight is 331 g/mol. The summed E-state index contributed by atoms with van der Waals surface area (Å²) in [5.41, 5.74) is -0.620. The molecule has 0 aliphatic heterocycles. The minimum Gasteiger partial charge on any atom is -0.481 e. The molecule has 0 saturated carbocycles. The molecule has 1 aromatic carbocycles.